The fourth-order valence-corrected chi connectivity index (χ4v) is 5.21. The summed E-state index contributed by atoms with van der Waals surface area (Å²) >= 11 is 0. The second-order valence-corrected chi connectivity index (χ2v) is 9.47. The van der Waals surface area contributed by atoms with Crippen LogP contribution in [0.25, 0.3) is 0 Å². The van der Waals surface area contributed by atoms with Crippen LogP contribution in [0.4, 0.5) is 0 Å². The molecule has 35 heavy (non-hydrogen) atoms. The molecule has 3 rings (SSSR count). The Hall–Kier alpha value is -2.78. The molecule has 188 valence electrons. The van der Waals surface area contributed by atoms with Crippen molar-refractivity contribution in [3.8, 4) is 11.5 Å². The summed E-state index contributed by atoms with van der Waals surface area (Å²) in [6.07, 6.45) is 9.64. The minimum atomic E-state index is -0.555. The van der Waals surface area contributed by atoms with Crippen molar-refractivity contribution in [2.75, 3.05) is 14.2 Å². The lowest BCUT2D eigenvalue weighted by molar-refractivity contribution is 0.134. The molecule has 0 saturated carbocycles. The second kappa shape index (κ2) is 13.9. The van der Waals surface area contributed by atoms with E-state index in [4.69, 9.17) is 9.47 Å². The van der Waals surface area contributed by atoms with E-state index >= 15 is 0 Å². The summed E-state index contributed by atoms with van der Waals surface area (Å²) < 4.78 is 11.4. The van der Waals surface area contributed by atoms with Gasteiger partial charge in [-0.15, -0.1) is 0 Å². The molecule has 3 heteroatoms. The highest BCUT2D eigenvalue weighted by Crippen LogP contribution is 2.47. The average molecular weight is 475 g/mol. The highest BCUT2D eigenvalue weighted by Gasteiger charge is 2.40. The van der Waals surface area contributed by atoms with E-state index in [9.17, 15) is 5.11 Å². The summed E-state index contributed by atoms with van der Waals surface area (Å²) in [5.74, 6) is 1.52. The average Bonchev–Trinajstić information content (AvgIpc) is 2.92. The normalized spacial score (nSPS) is 12.3. The number of aliphatic hydroxyl groups is 1. The van der Waals surface area contributed by atoms with Crippen molar-refractivity contribution >= 4 is 0 Å². The van der Waals surface area contributed by atoms with Crippen LogP contribution in [-0.2, 0) is 5.41 Å². The first-order valence-corrected chi connectivity index (χ1v) is 13.2. The third kappa shape index (κ3) is 6.89. The van der Waals surface area contributed by atoms with Crippen LogP contribution in [0, 0.1) is 0 Å². The van der Waals surface area contributed by atoms with Gasteiger partial charge in [-0.25, -0.2) is 0 Å². The maximum absolute atomic E-state index is 11.4. The number of benzene rings is 3. The molecule has 0 spiro atoms. The molecule has 0 saturated heterocycles. The van der Waals surface area contributed by atoms with Gasteiger partial charge in [0.25, 0.3) is 0 Å². The van der Waals surface area contributed by atoms with Gasteiger partial charge >= 0.3 is 0 Å². The molecule has 1 N–H and O–H groups in total. The molecule has 0 aromatic heterocycles. The first-order chi connectivity index (χ1) is 17.2. The van der Waals surface area contributed by atoms with Crippen molar-refractivity contribution in [3.05, 3.63) is 95.6 Å². The minimum Gasteiger partial charge on any atom is -0.497 e. The van der Waals surface area contributed by atoms with Gasteiger partial charge in [-0.3, -0.25) is 0 Å². The smallest absolute Gasteiger partial charge is 0.126 e. The molecule has 0 bridgehead atoms. The molecule has 0 fully saturated rings. The number of ether oxygens (including phenoxy) is 2. The van der Waals surface area contributed by atoms with E-state index in [2.05, 4.69) is 61.5 Å². The van der Waals surface area contributed by atoms with Crippen LogP contribution >= 0.6 is 0 Å². The van der Waals surface area contributed by atoms with Crippen molar-refractivity contribution < 1.29 is 14.6 Å². The molecule has 0 aliphatic carbocycles. The lowest BCUT2D eigenvalue weighted by Gasteiger charge is -2.38. The van der Waals surface area contributed by atoms with Crippen LogP contribution in [0.1, 0.15) is 81.4 Å². The first kappa shape index (κ1) is 26.8. The van der Waals surface area contributed by atoms with Crippen molar-refractivity contribution in [1.29, 1.82) is 0 Å². The Morgan fingerprint density at radius 1 is 0.714 bits per heavy atom. The molecule has 0 aliphatic heterocycles. The molecule has 1 unspecified atom stereocenters. The van der Waals surface area contributed by atoms with E-state index < -0.39 is 11.5 Å². The minimum absolute atomic E-state index is 0.433. The predicted molar refractivity (Wildman–Crippen MR) is 146 cm³/mol. The molecular weight excluding hydrogens is 432 g/mol. The number of rotatable bonds is 15. The molecule has 0 heterocycles. The largest absolute Gasteiger partial charge is 0.497 e. The summed E-state index contributed by atoms with van der Waals surface area (Å²) in [7, 11) is 3.37. The fourth-order valence-electron chi connectivity index (χ4n) is 5.21. The van der Waals surface area contributed by atoms with Gasteiger partial charge in [0.15, 0.2) is 0 Å². The van der Waals surface area contributed by atoms with E-state index in [-0.39, 0.29) is 0 Å². The molecule has 0 radical (unpaired) electrons. The van der Waals surface area contributed by atoms with Crippen molar-refractivity contribution in [1.82, 2.24) is 0 Å². The zero-order chi connectivity index (χ0) is 24.9. The van der Waals surface area contributed by atoms with Gasteiger partial charge in [-0.05, 0) is 30.0 Å². The van der Waals surface area contributed by atoms with E-state index in [0.717, 1.165) is 41.0 Å². The van der Waals surface area contributed by atoms with Gasteiger partial charge in [0.2, 0.25) is 0 Å². The summed E-state index contributed by atoms with van der Waals surface area (Å²) in [6.45, 7) is 2.25. The fraction of sp³-hybridized carbons (Fsp3) is 0.438. The Bertz CT molecular complexity index is 945. The Labute approximate surface area is 212 Å². The Balaban J connectivity index is 1.97. The molecule has 3 nitrogen and oxygen atoms in total. The Morgan fingerprint density at radius 2 is 1.29 bits per heavy atom. The standard InChI is InChI=1S/C32H42O3/c1-4-5-6-7-8-9-16-21-28(33)25-32(26-17-12-10-13-18-26,27-19-14-11-15-20-27)30-23-22-29(34-2)24-31(30)35-3/h10-15,17-20,22-24,28,33H,4-9,16,21,25H2,1-3H3. The highest BCUT2D eigenvalue weighted by molar-refractivity contribution is 5.57. The first-order valence-electron chi connectivity index (χ1n) is 13.2. The van der Waals surface area contributed by atoms with E-state index in [1.54, 1.807) is 14.2 Å². The van der Waals surface area contributed by atoms with E-state index in [1.807, 2.05) is 24.3 Å². The van der Waals surface area contributed by atoms with E-state index in [0.29, 0.717) is 6.42 Å². The topological polar surface area (TPSA) is 38.7 Å². The molecule has 3 aromatic rings. The molecule has 3 aromatic carbocycles. The van der Waals surface area contributed by atoms with Crippen molar-refractivity contribution in [2.24, 2.45) is 0 Å². The van der Waals surface area contributed by atoms with Gasteiger partial charge in [0.05, 0.1) is 25.7 Å². The lowest BCUT2D eigenvalue weighted by atomic mass is 9.65. The summed E-state index contributed by atoms with van der Waals surface area (Å²) in [4.78, 5) is 0. The summed E-state index contributed by atoms with van der Waals surface area (Å²) in [5, 5.41) is 11.4. The van der Waals surface area contributed by atoms with E-state index in [1.165, 1.54) is 38.5 Å². The van der Waals surface area contributed by atoms with Gasteiger partial charge in [-0.2, -0.15) is 0 Å². The SMILES string of the molecule is CCCCCCCCCC(O)CC(c1ccccc1)(c1ccccc1)c1ccc(OC)cc1OC. The molecular formula is C32H42O3. The maximum Gasteiger partial charge on any atom is 0.126 e. The number of aliphatic hydroxyl groups excluding tert-OH is 1. The van der Waals surface area contributed by atoms with Crippen LogP contribution in [-0.4, -0.2) is 25.4 Å². The van der Waals surface area contributed by atoms with Crippen molar-refractivity contribution in [3.63, 3.8) is 0 Å². The summed E-state index contributed by atoms with van der Waals surface area (Å²) in [5.41, 5.74) is 2.78. The maximum atomic E-state index is 11.4. The zero-order valence-electron chi connectivity index (χ0n) is 21.7. The van der Waals surface area contributed by atoms with Crippen LogP contribution in [0.2, 0.25) is 0 Å². The predicted octanol–water partition coefficient (Wildman–Crippen LogP) is 7.93. The quantitative estimate of drug-likeness (QED) is 0.179. The molecule has 0 amide bonds. The van der Waals surface area contributed by atoms with Gasteiger partial charge in [0.1, 0.15) is 11.5 Å². The number of methoxy groups -OCH3 is 2. The second-order valence-electron chi connectivity index (χ2n) is 9.47. The molecule has 1 atom stereocenters. The number of unbranched alkanes of at least 4 members (excludes halogenated alkanes) is 6. The Morgan fingerprint density at radius 3 is 1.83 bits per heavy atom. The highest BCUT2D eigenvalue weighted by atomic mass is 16.5. The lowest BCUT2D eigenvalue weighted by Crippen LogP contribution is -2.34. The van der Waals surface area contributed by atoms with Crippen LogP contribution in [0.3, 0.4) is 0 Å². The van der Waals surface area contributed by atoms with Crippen LogP contribution < -0.4 is 9.47 Å². The number of hydrogen-bond acceptors (Lipinski definition) is 3. The summed E-state index contributed by atoms with van der Waals surface area (Å²) in [6, 6.07) is 27.1. The third-order valence-corrected chi connectivity index (χ3v) is 7.08. The zero-order valence-corrected chi connectivity index (χ0v) is 21.7. The number of hydrogen-bond donors (Lipinski definition) is 1. The molecule has 0 aliphatic rings. The van der Waals surface area contributed by atoms with Crippen LogP contribution in [0.5, 0.6) is 11.5 Å². The van der Waals surface area contributed by atoms with Crippen molar-refractivity contribution in [2.45, 2.75) is 76.2 Å². The van der Waals surface area contributed by atoms with Gasteiger partial charge in [0, 0.05) is 11.6 Å². The monoisotopic (exact) mass is 474 g/mol. The van der Waals surface area contributed by atoms with Crippen LogP contribution in [0.15, 0.2) is 78.9 Å². The third-order valence-electron chi connectivity index (χ3n) is 7.08. The van der Waals surface area contributed by atoms with Gasteiger partial charge in [-0.1, -0.05) is 119 Å². The Kier molecular flexibility index (Phi) is 10.7. The van der Waals surface area contributed by atoms with Gasteiger partial charge < -0.3 is 14.6 Å².